The third-order valence-electron chi connectivity index (χ3n) is 4.03. The van der Waals surface area contributed by atoms with E-state index in [-0.39, 0.29) is 17.4 Å². The fraction of sp³-hybridized carbons (Fsp3) is 0.350. The zero-order valence-corrected chi connectivity index (χ0v) is 17.5. The molecule has 2 rings (SSSR count). The first-order chi connectivity index (χ1) is 12.5. The van der Waals surface area contributed by atoms with Crippen LogP contribution >= 0.6 is 11.6 Å². The van der Waals surface area contributed by atoms with Crippen molar-refractivity contribution in [1.82, 2.24) is 5.32 Å². The zero-order chi connectivity index (χ0) is 20.2. The van der Waals surface area contributed by atoms with Gasteiger partial charge in [-0.1, -0.05) is 23.7 Å². The molecule has 2 aromatic carbocycles. The number of Topliss-reactive ketones (excluding diaryl/α,β-unsaturated/α-hetero) is 1. The van der Waals surface area contributed by atoms with E-state index in [1.54, 1.807) is 24.3 Å². The Kier molecular flexibility index (Phi) is 6.68. The Hall–Kier alpha value is -1.89. The van der Waals surface area contributed by atoms with E-state index >= 15 is 0 Å². The predicted molar refractivity (Wildman–Crippen MR) is 111 cm³/mol. The Morgan fingerprint density at radius 2 is 1.63 bits per heavy atom. The van der Waals surface area contributed by atoms with Crippen LogP contribution in [0.3, 0.4) is 0 Å². The van der Waals surface area contributed by atoms with Crippen molar-refractivity contribution in [2.24, 2.45) is 0 Å². The summed E-state index contributed by atoms with van der Waals surface area (Å²) in [6.45, 7) is 5.92. The van der Waals surface area contributed by atoms with E-state index < -0.39 is 10.0 Å². The molecule has 7 heteroatoms. The fourth-order valence-corrected chi connectivity index (χ4v) is 3.67. The van der Waals surface area contributed by atoms with E-state index in [1.807, 2.05) is 45.0 Å². The molecule has 2 aromatic rings. The molecule has 0 saturated carbocycles. The van der Waals surface area contributed by atoms with Gasteiger partial charge in [-0.05, 0) is 69.2 Å². The lowest BCUT2D eigenvalue weighted by Gasteiger charge is -2.30. The van der Waals surface area contributed by atoms with E-state index in [9.17, 15) is 13.2 Å². The first-order valence-electron chi connectivity index (χ1n) is 8.59. The molecule has 0 heterocycles. The van der Waals surface area contributed by atoms with Gasteiger partial charge in [0.2, 0.25) is 10.0 Å². The van der Waals surface area contributed by atoms with Crippen LogP contribution in [0, 0.1) is 0 Å². The van der Waals surface area contributed by atoms with Crippen LogP contribution in [0.5, 0.6) is 0 Å². The summed E-state index contributed by atoms with van der Waals surface area (Å²) in [7, 11) is -3.34. The normalized spacial score (nSPS) is 13.2. The summed E-state index contributed by atoms with van der Waals surface area (Å²) in [6.07, 6.45) is 1.83. The minimum Gasteiger partial charge on any atom is -0.302 e. The minimum atomic E-state index is -3.34. The Labute approximate surface area is 166 Å². The van der Waals surface area contributed by atoms with Gasteiger partial charge in [-0.2, -0.15) is 0 Å². The average Bonchev–Trinajstić information content (AvgIpc) is 2.55. The first-order valence-corrected chi connectivity index (χ1v) is 10.9. The number of nitrogens with one attached hydrogen (secondary N) is 2. The Bertz CT molecular complexity index is 892. The van der Waals surface area contributed by atoms with Gasteiger partial charge in [-0.15, -0.1) is 0 Å². The lowest BCUT2D eigenvalue weighted by Crippen LogP contribution is -2.49. The van der Waals surface area contributed by atoms with Crippen molar-refractivity contribution in [3.05, 3.63) is 64.7 Å². The van der Waals surface area contributed by atoms with Gasteiger partial charge >= 0.3 is 0 Å². The average molecular weight is 409 g/mol. The number of ketones is 1. The molecule has 0 radical (unpaired) electrons. The number of hydrogen-bond donors (Lipinski definition) is 2. The molecule has 0 amide bonds. The number of rotatable bonds is 8. The third-order valence-corrected chi connectivity index (χ3v) is 4.89. The molecule has 0 spiro atoms. The summed E-state index contributed by atoms with van der Waals surface area (Å²) >= 11 is 5.92. The van der Waals surface area contributed by atoms with Crippen LogP contribution in [0.1, 0.15) is 36.7 Å². The molecular formula is C20H25ClN2O3S. The highest BCUT2D eigenvalue weighted by atomic mass is 35.5. The second-order valence-corrected chi connectivity index (χ2v) is 9.55. The number of carbonyl (C=O) groups is 1. The van der Waals surface area contributed by atoms with Crippen molar-refractivity contribution in [3.8, 4) is 0 Å². The number of benzene rings is 2. The Morgan fingerprint density at radius 3 is 2.15 bits per heavy atom. The van der Waals surface area contributed by atoms with Crippen LogP contribution in [0.2, 0.25) is 5.02 Å². The highest BCUT2D eigenvalue weighted by Crippen LogP contribution is 2.18. The van der Waals surface area contributed by atoms with Crippen molar-refractivity contribution < 1.29 is 13.2 Å². The van der Waals surface area contributed by atoms with Gasteiger partial charge in [-0.25, -0.2) is 8.42 Å². The maximum Gasteiger partial charge on any atom is 0.229 e. The predicted octanol–water partition coefficient (Wildman–Crippen LogP) is 3.89. The summed E-state index contributed by atoms with van der Waals surface area (Å²) in [4.78, 5) is 12.7. The summed E-state index contributed by atoms with van der Waals surface area (Å²) < 4.78 is 24.9. The van der Waals surface area contributed by atoms with Crippen molar-refractivity contribution in [1.29, 1.82) is 0 Å². The third kappa shape index (κ3) is 6.97. The van der Waals surface area contributed by atoms with Crippen molar-refractivity contribution in [3.63, 3.8) is 0 Å². The molecule has 0 aliphatic rings. The van der Waals surface area contributed by atoms with Crippen LogP contribution in [0.15, 0.2) is 48.5 Å². The monoisotopic (exact) mass is 408 g/mol. The van der Waals surface area contributed by atoms with Gasteiger partial charge in [0, 0.05) is 21.8 Å². The van der Waals surface area contributed by atoms with Crippen molar-refractivity contribution in [2.75, 3.05) is 11.0 Å². The molecule has 5 nitrogen and oxygen atoms in total. The quantitative estimate of drug-likeness (QED) is 0.649. The zero-order valence-electron chi connectivity index (χ0n) is 15.9. The fourth-order valence-electron chi connectivity index (χ4n) is 2.98. The smallest absolute Gasteiger partial charge is 0.229 e. The molecule has 27 heavy (non-hydrogen) atoms. The molecule has 146 valence electrons. The van der Waals surface area contributed by atoms with E-state index in [2.05, 4.69) is 10.0 Å². The first kappa shape index (κ1) is 21.4. The van der Waals surface area contributed by atoms with Gasteiger partial charge in [0.15, 0.2) is 5.78 Å². The molecular weight excluding hydrogens is 384 g/mol. The highest BCUT2D eigenvalue weighted by Gasteiger charge is 2.25. The molecule has 0 aliphatic carbocycles. The Morgan fingerprint density at radius 1 is 1.07 bits per heavy atom. The van der Waals surface area contributed by atoms with E-state index in [0.29, 0.717) is 16.3 Å². The molecule has 0 bridgehead atoms. The van der Waals surface area contributed by atoms with Crippen LogP contribution < -0.4 is 10.0 Å². The maximum absolute atomic E-state index is 12.7. The molecule has 0 aromatic heterocycles. The van der Waals surface area contributed by atoms with Gasteiger partial charge < -0.3 is 5.32 Å². The van der Waals surface area contributed by atoms with Crippen molar-refractivity contribution in [2.45, 2.75) is 38.8 Å². The van der Waals surface area contributed by atoms with E-state index in [1.165, 1.54) is 0 Å². The summed E-state index contributed by atoms with van der Waals surface area (Å²) in [5, 5.41) is 4.07. The van der Waals surface area contributed by atoms with Gasteiger partial charge in [0.1, 0.15) is 0 Å². The summed E-state index contributed by atoms with van der Waals surface area (Å²) in [5.41, 5.74) is 1.79. The lowest BCUT2D eigenvalue weighted by atomic mass is 9.93. The topological polar surface area (TPSA) is 75.3 Å². The second-order valence-electron chi connectivity index (χ2n) is 7.37. The van der Waals surface area contributed by atoms with Crippen LogP contribution in [-0.4, -0.2) is 32.0 Å². The van der Waals surface area contributed by atoms with E-state index in [4.69, 9.17) is 11.6 Å². The van der Waals surface area contributed by atoms with Crippen LogP contribution in [-0.2, 0) is 16.4 Å². The van der Waals surface area contributed by atoms with E-state index in [0.717, 1.165) is 18.2 Å². The number of anilines is 1. The number of halogens is 1. The largest absolute Gasteiger partial charge is 0.302 e. The molecule has 0 unspecified atom stereocenters. The molecule has 1 atom stereocenters. The van der Waals surface area contributed by atoms with Gasteiger partial charge in [-0.3, -0.25) is 9.52 Å². The SMILES string of the molecule is C[C@H](NC(C)(C)Cc1ccc(Cl)cc1)C(=O)c1ccc(NS(C)(=O)=O)cc1. The number of sulfonamides is 1. The minimum absolute atomic E-state index is 0.0508. The Balaban J connectivity index is 2.02. The van der Waals surface area contributed by atoms with Crippen LogP contribution in [0.4, 0.5) is 5.69 Å². The summed E-state index contributed by atoms with van der Waals surface area (Å²) in [5.74, 6) is -0.0508. The molecule has 0 aliphatic heterocycles. The van der Waals surface area contributed by atoms with Crippen LogP contribution in [0.25, 0.3) is 0 Å². The van der Waals surface area contributed by atoms with Crippen molar-refractivity contribution >= 4 is 33.1 Å². The number of hydrogen-bond acceptors (Lipinski definition) is 4. The van der Waals surface area contributed by atoms with Gasteiger partial charge in [0.05, 0.1) is 12.3 Å². The van der Waals surface area contributed by atoms with Gasteiger partial charge in [0.25, 0.3) is 0 Å². The number of carbonyl (C=O) groups excluding carboxylic acids is 1. The lowest BCUT2D eigenvalue weighted by molar-refractivity contribution is 0.0933. The molecule has 0 saturated heterocycles. The maximum atomic E-state index is 12.7. The molecule has 2 N–H and O–H groups in total. The summed E-state index contributed by atoms with van der Waals surface area (Å²) in [6, 6.07) is 13.7. The standard InChI is InChI=1S/C20H25ClN2O3S/c1-14(22-20(2,3)13-15-5-9-17(21)10-6-15)19(24)16-7-11-18(12-8-16)23-27(4,25)26/h5-12,14,22-23H,13H2,1-4H3/t14-/m0/s1. The molecule has 0 fully saturated rings. The highest BCUT2D eigenvalue weighted by molar-refractivity contribution is 7.92. The second kappa shape index (κ2) is 8.42.